The van der Waals surface area contributed by atoms with E-state index in [2.05, 4.69) is 10.6 Å². The van der Waals surface area contributed by atoms with Crippen LogP contribution in [0.25, 0.3) is 0 Å². The van der Waals surface area contributed by atoms with Gasteiger partial charge in [0.25, 0.3) is 5.91 Å². The van der Waals surface area contributed by atoms with Crippen LogP contribution in [-0.2, 0) is 23.9 Å². The van der Waals surface area contributed by atoms with Crippen LogP contribution in [0.2, 0.25) is 0 Å². The largest absolute Gasteiger partial charge is 0.496 e. The molecule has 3 amide bonds. The van der Waals surface area contributed by atoms with E-state index in [0.29, 0.717) is 36.3 Å². The van der Waals surface area contributed by atoms with Crippen LogP contribution >= 0.6 is 0 Å². The van der Waals surface area contributed by atoms with Crippen LogP contribution in [0.1, 0.15) is 62.9 Å². The second-order valence-electron chi connectivity index (χ2n) is 9.88. The Morgan fingerprint density at radius 3 is 2.53 bits per heavy atom. The third-order valence-electron chi connectivity index (χ3n) is 6.50. The monoisotopic (exact) mass is 503 g/mol. The molecule has 36 heavy (non-hydrogen) atoms. The van der Waals surface area contributed by atoms with E-state index in [1.165, 1.54) is 12.0 Å². The van der Waals surface area contributed by atoms with E-state index in [1.807, 2.05) is 27.7 Å². The summed E-state index contributed by atoms with van der Waals surface area (Å²) in [5, 5.41) is 5.71. The Labute approximate surface area is 212 Å². The molecule has 1 aromatic carbocycles. The van der Waals surface area contributed by atoms with Gasteiger partial charge in [-0.25, -0.2) is 0 Å². The first-order valence-corrected chi connectivity index (χ1v) is 12.4. The van der Waals surface area contributed by atoms with Gasteiger partial charge < -0.3 is 29.7 Å². The predicted molar refractivity (Wildman–Crippen MR) is 131 cm³/mol. The summed E-state index contributed by atoms with van der Waals surface area (Å²) in [5.74, 6) is -1.12. The zero-order chi connectivity index (χ0) is 26.6. The maximum atomic E-state index is 13.6. The highest BCUT2D eigenvalue weighted by molar-refractivity contribution is 6.00. The number of hydrogen-bond acceptors (Lipinski definition) is 7. The van der Waals surface area contributed by atoms with Gasteiger partial charge in [-0.3, -0.25) is 19.2 Å². The Morgan fingerprint density at radius 1 is 1.17 bits per heavy atom. The number of cyclic esters (lactones) is 1. The molecule has 2 aliphatic rings. The molecule has 0 bridgehead atoms. The van der Waals surface area contributed by atoms with Crippen molar-refractivity contribution >= 4 is 23.7 Å². The van der Waals surface area contributed by atoms with Crippen molar-refractivity contribution in [2.24, 2.45) is 5.92 Å². The summed E-state index contributed by atoms with van der Waals surface area (Å²) in [4.78, 5) is 53.2. The normalized spacial score (nSPS) is 22.5. The molecule has 2 fully saturated rings. The van der Waals surface area contributed by atoms with Crippen molar-refractivity contribution in [1.29, 1.82) is 0 Å². The molecule has 10 heteroatoms. The maximum absolute atomic E-state index is 13.6. The number of carbonyl (C=O) groups excluding carboxylic acids is 4. The average Bonchev–Trinajstić information content (AvgIpc) is 3.43. The molecule has 2 saturated heterocycles. The second-order valence-corrected chi connectivity index (χ2v) is 9.88. The fourth-order valence-corrected chi connectivity index (χ4v) is 4.62. The molecule has 0 spiro atoms. The van der Waals surface area contributed by atoms with Gasteiger partial charge in [0.05, 0.1) is 19.6 Å². The third kappa shape index (κ3) is 6.16. The van der Waals surface area contributed by atoms with Crippen molar-refractivity contribution in [2.45, 2.75) is 84.4 Å². The number of rotatable bonds is 9. The topological polar surface area (TPSA) is 123 Å². The summed E-state index contributed by atoms with van der Waals surface area (Å²) in [5.41, 5.74) is 1.10. The number of esters is 1. The molecule has 4 atom stereocenters. The van der Waals surface area contributed by atoms with Crippen LogP contribution in [0.3, 0.4) is 0 Å². The molecular weight excluding hydrogens is 466 g/mol. The standard InChI is InChI=1S/C26H37N3O7/c1-14(2)22(28-23(31)17-9-7-11-20(34-6)16(17)5)25(33)29-12-8-10-19(29)24(32)27-18-13-21(30)36-26(18)35-15(3)4/h7,9,11,14-15,18-19,22,26H,8,10,12-13H2,1-6H3,(H,27,32)(H,28,31)/t18-,19-,22-,26+/m0/s1. The molecule has 2 N–H and O–H groups in total. The molecule has 1 aromatic rings. The Bertz CT molecular complexity index is 994. The SMILES string of the molecule is COc1cccc(C(=O)N[C@H](C(=O)N2CCC[C@H]2C(=O)N[C@H]2CC(=O)O[C@H]2OC(C)C)C(C)C)c1C. The first kappa shape index (κ1) is 27.4. The van der Waals surface area contributed by atoms with E-state index >= 15 is 0 Å². The van der Waals surface area contributed by atoms with E-state index < -0.39 is 30.4 Å². The lowest BCUT2D eigenvalue weighted by atomic mass is 10.0. The number of ether oxygens (including phenoxy) is 3. The van der Waals surface area contributed by atoms with Crippen LogP contribution in [0.15, 0.2) is 18.2 Å². The Kier molecular flexibility index (Phi) is 8.94. The van der Waals surface area contributed by atoms with Gasteiger partial charge in [-0.15, -0.1) is 0 Å². The summed E-state index contributed by atoms with van der Waals surface area (Å²) in [7, 11) is 1.54. The van der Waals surface area contributed by atoms with Crippen molar-refractivity contribution in [3.8, 4) is 5.75 Å². The number of nitrogens with one attached hydrogen (secondary N) is 2. The highest BCUT2D eigenvalue weighted by atomic mass is 16.7. The smallest absolute Gasteiger partial charge is 0.310 e. The lowest BCUT2D eigenvalue weighted by Gasteiger charge is -2.31. The van der Waals surface area contributed by atoms with Gasteiger partial charge in [-0.1, -0.05) is 19.9 Å². The van der Waals surface area contributed by atoms with Gasteiger partial charge in [0.1, 0.15) is 23.9 Å². The molecule has 3 rings (SSSR count). The zero-order valence-corrected chi connectivity index (χ0v) is 21.8. The van der Waals surface area contributed by atoms with Crippen LogP contribution < -0.4 is 15.4 Å². The minimum absolute atomic E-state index is 0.00829. The van der Waals surface area contributed by atoms with E-state index in [-0.39, 0.29) is 36.2 Å². The molecular formula is C26H37N3O7. The molecule has 10 nitrogen and oxygen atoms in total. The fraction of sp³-hybridized carbons (Fsp3) is 0.615. The molecule has 0 aliphatic carbocycles. The van der Waals surface area contributed by atoms with Gasteiger partial charge in [0.2, 0.25) is 18.1 Å². The number of carbonyl (C=O) groups is 4. The molecule has 0 radical (unpaired) electrons. The Balaban J connectivity index is 1.72. The summed E-state index contributed by atoms with van der Waals surface area (Å²) >= 11 is 0. The van der Waals surface area contributed by atoms with Crippen LogP contribution in [0.4, 0.5) is 0 Å². The number of amides is 3. The van der Waals surface area contributed by atoms with Crippen LogP contribution in [0.5, 0.6) is 5.75 Å². The Hall–Kier alpha value is -3.14. The van der Waals surface area contributed by atoms with Crippen LogP contribution in [0, 0.1) is 12.8 Å². The highest BCUT2D eigenvalue weighted by Gasteiger charge is 2.42. The first-order chi connectivity index (χ1) is 17.0. The van der Waals surface area contributed by atoms with E-state index in [1.54, 1.807) is 25.1 Å². The summed E-state index contributed by atoms with van der Waals surface area (Å²) in [6.45, 7) is 9.52. The molecule has 198 valence electrons. The maximum Gasteiger partial charge on any atom is 0.310 e. The van der Waals surface area contributed by atoms with Gasteiger partial charge in [-0.05, 0) is 51.7 Å². The van der Waals surface area contributed by atoms with Crippen molar-refractivity contribution in [3.05, 3.63) is 29.3 Å². The molecule has 2 aliphatic heterocycles. The second kappa shape index (κ2) is 11.7. The van der Waals surface area contributed by atoms with E-state index in [9.17, 15) is 19.2 Å². The number of benzene rings is 1. The predicted octanol–water partition coefficient (Wildman–Crippen LogP) is 1.93. The van der Waals surface area contributed by atoms with Gasteiger partial charge in [0, 0.05) is 17.7 Å². The van der Waals surface area contributed by atoms with Gasteiger partial charge in [-0.2, -0.15) is 0 Å². The van der Waals surface area contributed by atoms with E-state index in [4.69, 9.17) is 14.2 Å². The number of hydrogen-bond donors (Lipinski definition) is 2. The van der Waals surface area contributed by atoms with E-state index in [0.717, 1.165) is 0 Å². The minimum Gasteiger partial charge on any atom is -0.496 e. The van der Waals surface area contributed by atoms with Crippen molar-refractivity contribution in [3.63, 3.8) is 0 Å². The zero-order valence-electron chi connectivity index (χ0n) is 21.8. The van der Waals surface area contributed by atoms with Crippen molar-refractivity contribution in [2.75, 3.05) is 13.7 Å². The first-order valence-electron chi connectivity index (χ1n) is 12.4. The quantitative estimate of drug-likeness (QED) is 0.494. The van der Waals surface area contributed by atoms with Crippen molar-refractivity contribution in [1.82, 2.24) is 15.5 Å². The van der Waals surface area contributed by atoms with Gasteiger partial charge in [0.15, 0.2) is 0 Å². The average molecular weight is 504 g/mol. The summed E-state index contributed by atoms with van der Waals surface area (Å²) in [6, 6.07) is 3.03. The molecule has 0 unspecified atom stereocenters. The molecule has 2 heterocycles. The lowest BCUT2D eigenvalue weighted by molar-refractivity contribution is -0.173. The third-order valence-corrected chi connectivity index (χ3v) is 6.50. The molecule has 0 aromatic heterocycles. The summed E-state index contributed by atoms with van der Waals surface area (Å²) < 4.78 is 16.1. The van der Waals surface area contributed by atoms with Gasteiger partial charge >= 0.3 is 5.97 Å². The van der Waals surface area contributed by atoms with Crippen molar-refractivity contribution < 1.29 is 33.4 Å². The van der Waals surface area contributed by atoms with Crippen LogP contribution in [-0.4, -0.2) is 72.8 Å². The minimum atomic E-state index is -0.860. The summed E-state index contributed by atoms with van der Waals surface area (Å²) in [6.07, 6.45) is 0.106. The fourth-order valence-electron chi connectivity index (χ4n) is 4.62. The molecule has 0 saturated carbocycles. The number of nitrogens with zero attached hydrogens (tertiary/aromatic N) is 1. The highest BCUT2D eigenvalue weighted by Crippen LogP contribution is 2.24. The number of methoxy groups -OCH3 is 1. The lowest BCUT2D eigenvalue weighted by Crippen LogP contribution is -2.56. The number of likely N-dealkylation sites (tertiary alicyclic amines) is 1. The Morgan fingerprint density at radius 2 is 1.89 bits per heavy atom.